The second-order valence-corrected chi connectivity index (χ2v) is 7.14. The molecule has 0 aromatic carbocycles. The number of nitrogens with one attached hydrogen (secondary N) is 1. The number of pyridine rings is 1. The molecule has 2 aliphatic rings. The van der Waals surface area contributed by atoms with Gasteiger partial charge in [-0.25, -0.2) is 15.0 Å². The van der Waals surface area contributed by atoms with E-state index in [1.807, 2.05) is 23.0 Å². The van der Waals surface area contributed by atoms with E-state index >= 15 is 0 Å². The number of likely N-dealkylation sites (tertiary alicyclic amines) is 1. The third-order valence-electron chi connectivity index (χ3n) is 5.25. The first-order chi connectivity index (χ1) is 12.8. The molecule has 0 aliphatic carbocycles. The standard InChI is InChI=1S/C19H26N6O.HI/c1-2-21-18(24-8-5-19(13-24)6-10-26-14-19)23-12-16-3-4-17(22-11-16)25-9-7-20-15-25;/h3-4,7,9,11,15H,2,5-6,8,10,12-14H2,1H3,(H,21,23);1H. The summed E-state index contributed by atoms with van der Waals surface area (Å²) in [6, 6.07) is 4.08. The molecule has 2 aromatic heterocycles. The average Bonchev–Trinajstić information content (AvgIpc) is 3.43. The Hall–Kier alpha value is -1.68. The van der Waals surface area contributed by atoms with Gasteiger partial charge in [-0.2, -0.15) is 0 Å². The van der Waals surface area contributed by atoms with Crippen LogP contribution in [-0.2, 0) is 11.3 Å². The van der Waals surface area contributed by atoms with Crippen LogP contribution < -0.4 is 5.32 Å². The molecule has 0 bridgehead atoms. The van der Waals surface area contributed by atoms with Crippen molar-refractivity contribution in [3.05, 3.63) is 42.6 Å². The highest BCUT2D eigenvalue weighted by Crippen LogP contribution is 2.38. The van der Waals surface area contributed by atoms with Gasteiger partial charge in [0.15, 0.2) is 5.96 Å². The molecule has 0 amide bonds. The second-order valence-electron chi connectivity index (χ2n) is 7.14. The van der Waals surface area contributed by atoms with Crippen molar-refractivity contribution in [2.45, 2.75) is 26.3 Å². The van der Waals surface area contributed by atoms with Gasteiger partial charge in [-0.3, -0.25) is 4.57 Å². The van der Waals surface area contributed by atoms with Gasteiger partial charge in [-0.05, 0) is 31.4 Å². The van der Waals surface area contributed by atoms with Gasteiger partial charge in [0, 0.05) is 50.2 Å². The van der Waals surface area contributed by atoms with Gasteiger partial charge < -0.3 is 15.0 Å². The number of hydrogen-bond donors (Lipinski definition) is 1. The highest BCUT2D eigenvalue weighted by Gasteiger charge is 2.42. The van der Waals surface area contributed by atoms with Crippen LogP contribution in [0.4, 0.5) is 0 Å². The number of hydrogen-bond acceptors (Lipinski definition) is 4. The Morgan fingerprint density at radius 3 is 2.96 bits per heavy atom. The number of nitrogens with zero attached hydrogens (tertiary/aromatic N) is 5. The molecule has 2 fully saturated rings. The minimum atomic E-state index is 0. The Morgan fingerprint density at radius 2 is 2.30 bits per heavy atom. The summed E-state index contributed by atoms with van der Waals surface area (Å²) in [5.41, 5.74) is 1.44. The average molecular weight is 482 g/mol. The zero-order valence-electron chi connectivity index (χ0n) is 15.7. The minimum Gasteiger partial charge on any atom is -0.381 e. The first kappa shape index (κ1) is 20.1. The van der Waals surface area contributed by atoms with Crippen LogP contribution in [0.25, 0.3) is 5.82 Å². The van der Waals surface area contributed by atoms with Crippen molar-refractivity contribution in [1.29, 1.82) is 0 Å². The Kier molecular flexibility index (Phi) is 6.69. The zero-order valence-corrected chi connectivity index (χ0v) is 18.0. The molecule has 0 radical (unpaired) electrons. The summed E-state index contributed by atoms with van der Waals surface area (Å²) >= 11 is 0. The van der Waals surface area contributed by atoms with Crippen molar-refractivity contribution in [1.82, 2.24) is 24.8 Å². The normalized spacial score (nSPS) is 22.3. The highest BCUT2D eigenvalue weighted by molar-refractivity contribution is 14.0. The molecule has 7 nitrogen and oxygen atoms in total. The number of ether oxygens (including phenoxy) is 1. The lowest BCUT2D eigenvalue weighted by atomic mass is 9.87. The van der Waals surface area contributed by atoms with Crippen LogP contribution in [-0.4, -0.2) is 58.2 Å². The molecule has 1 N–H and O–H groups in total. The Balaban J connectivity index is 0.00000210. The van der Waals surface area contributed by atoms with Crippen molar-refractivity contribution in [2.75, 3.05) is 32.8 Å². The summed E-state index contributed by atoms with van der Waals surface area (Å²) in [6.07, 6.45) is 9.64. The van der Waals surface area contributed by atoms with Gasteiger partial charge in [0.1, 0.15) is 12.1 Å². The SMILES string of the molecule is CCNC(=NCc1ccc(-n2ccnc2)nc1)N1CCC2(CCOC2)C1.I. The fourth-order valence-corrected chi connectivity index (χ4v) is 3.74. The molecular weight excluding hydrogens is 455 g/mol. The predicted molar refractivity (Wildman–Crippen MR) is 116 cm³/mol. The van der Waals surface area contributed by atoms with Crippen molar-refractivity contribution >= 4 is 29.9 Å². The van der Waals surface area contributed by atoms with Crippen LogP contribution in [0.15, 0.2) is 42.0 Å². The van der Waals surface area contributed by atoms with E-state index in [4.69, 9.17) is 9.73 Å². The summed E-state index contributed by atoms with van der Waals surface area (Å²) < 4.78 is 7.53. The minimum absolute atomic E-state index is 0. The molecule has 27 heavy (non-hydrogen) atoms. The Bertz CT molecular complexity index is 740. The van der Waals surface area contributed by atoms with Crippen molar-refractivity contribution < 1.29 is 4.74 Å². The number of rotatable bonds is 4. The van der Waals surface area contributed by atoms with Crippen LogP contribution in [0.5, 0.6) is 0 Å². The first-order valence-corrected chi connectivity index (χ1v) is 9.32. The number of imidazole rings is 1. The summed E-state index contributed by atoms with van der Waals surface area (Å²) in [5.74, 6) is 1.86. The van der Waals surface area contributed by atoms with Gasteiger partial charge in [0.2, 0.25) is 0 Å². The quantitative estimate of drug-likeness (QED) is 0.412. The number of aliphatic imine (C=N–C) groups is 1. The van der Waals surface area contributed by atoms with E-state index in [9.17, 15) is 0 Å². The summed E-state index contributed by atoms with van der Waals surface area (Å²) in [7, 11) is 0. The van der Waals surface area contributed by atoms with E-state index in [-0.39, 0.29) is 24.0 Å². The van der Waals surface area contributed by atoms with Crippen LogP contribution in [0.3, 0.4) is 0 Å². The molecule has 2 aromatic rings. The number of halogens is 1. The van der Waals surface area contributed by atoms with Gasteiger partial charge >= 0.3 is 0 Å². The van der Waals surface area contributed by atoms with E-state index in [0.29, 0.717) is 12.0 Å². The molecule has 4 rings (SSSR count). The summed E-state index contributed by atoms with van der Waals surface area (Å²) in [6.45, 7) is 7.49. The van der Waals surface area contributed by atoms with Crippen molar-refractivity contribution in [2.24, 2.45) is 10.4 Å². The Labute approximate surface area is 177 Å². The molecule has 0 saturated carbocycles. The molecule has 1 atom stereocenters. The van der Waals surface area contributed by atoms with E-state index in [0.717, 1.165) is 50.2 Å². The fraction of sp³-hybridized carbons (Fsp3) is 0.526. The van der Waals surface area contributed by atoms with E-state index in [1.54, 1.807) is 12.5 Å². The Morgan fingerprint density at radius 1 is 1.37 bits per heavy atom. The third kappa shape index (κ3) is 4.60. The molecule has 4 heterocycles. The maximum Gasteiger partial charge on any atom is 0.194 e. The van der Waals surface area contributed by atoms with Crippen LogP contribution in [0.2, 0.25) is 0 Å². The van der Waals surface area contributed by atoms with Gasteiger partial charge in [0.05, 0.1) is 13.2 Å². The first-order valence-electron chi connectivity index (χ1n) is 9.32. The molecule has 2 aliphatic heterocycles. The smallest absolute Gasteiger partial charge is 0.194 e. The maximum atomic E-state index is 5.64. The molecule has 2 saturated heterocycles. The van der Waals surface area contributed by atoms with Crippen molar-refractivity contribution in [3.63, 3.8) is 0 Å². The number of guanidine groups is 1. The molecule has 146 valence electrons. The van der Waals surface area contributed by atoms with Gasteiger partial charge in [0.25, 0.3) is 0 Å². The van der Waals surface area contributed by atoms with Crippen LogP contribution >= 0.6 is 24.0 Å². The molecule has 8 heteroatoms. The second kappa shape index (κ2) is 9.01. The van der Waals surface area contributed by atoms with Crippen LogP contribution in [0, 0.1) is 5.41 Å². The fourth-order valence-electron chi connectivity index (χ4n) is 3.74. The maximum absolute atomic E-state index is 5.64. The molecule has 1 spiro atoms. The zero-order chi connectivity index (χ0) is 17.8. The largest absolute Gasteiger partial charge is 0.381 e. The molecular formula is C19H27IN6O. The van der Waals surface area contributed by atoms with Crippen LogP contribution in [0.1, 0.15) is 25.3 Å². The number of aromatic nitrogens is 3. The van der Waals surface area contributed by atoms with Gasteiger partial charge in [-0.15, -0.1) is 24.0 Å². The topological polar surface area (TPSA) is 67.6 Å². The van der Waals surface area contributed by atoms with E-state index in [1.165, 1.54) is 12.8 Å². The third-order valence-corrected chi connectivity index (χ3v) is 5.25. The molecule has 1 unspecified atom stereocenters. The predicted octanol–water partition coefficient (Wildman–Crippen LogP) is 2.46. The van der Waals surface area contributed by atoms with E-state index in [2.05, 4.69) is 33.2 Å². The summed E-state index contributed by atoms with van der Waals surface area (Å²) in [5, 5.41) is 3.44. The van der Waals surface area contributed by atoms with E-state index < -0.39 is 0 Å². The lowest BCUT2D eigenvalue weighted by Crippen LogP contribution is -2.41. The van der Waals surface area contributed by atoms with Gasteiger partial charge in [-0.1, -0.05) is 6.07 Å². The van der Waals surface area contributed by atoms with Crippen molar-refractivity contribution in [3.8, 4) is 5.82 Å². The lowest BCUT2D eigenvalue weighted by molar-refractivity contribution is 0.156. The lowest BCUT2D eigenvalue weighted by Gasteiger charge is -2.25. The highest BCUT2D eigenvalue weighted by atomic mass is 127. The summed E-state index contributed by atoms with van der Waals surface area (Å²) in [4.78, 5) is 15.8. The monoisotopic (exact) mass is 482 g/mol.